The van der Waals surface area contributed by atoms with Gasteiger partial charge in [0.25, 0.3) is 0 Å². The Hall–Kier alpha value is -3.05. The van der Waals surface area contributed by atoms with Gasteiger partial charge in [-0.25, -0.2) is 13.6 Å². The van der Waals surface area contributed by atoms with Crippen molar-refractivity contribution in [3.05, 3.63) is 42.0 Å². The third-order valence-electron chi connectivity index (χ3n) is 8.56. The van der Waals surface area contributed by atoms with Gasteiger partial charge in [-0.2, -0.15) is 0 Å². The molecule has 1 rings (SSSR count). The van der Waals surface area contributed by atoms with Crippen molar-refractivity contribution in [3.8, 4) is 5.75 Å². The van der Waals surface area contributed by atoms with Crippen LogP contribution in [-0.2, 0) is 30.3 Å². The Bertz CT molecular complexity index is 1170. The van der Waals surface area contributed by atoms with Crippen LogP contribution >= 0.6 is 0 Å². The standard InChI is InChI=1S/C40H66F2N2O7/c1-8-10-12-16-19-26-39(41,42)27-20-17-14-13-15-18-21-33(40(48,30-49-7)37(47)51-38(3,4)5)35(45)44-34(36(46)43-6)29-31-22-24-32(25-23-31)50-28-11-9-2/h18,21-25,33-34,48H,8-17,19-20,26-30H2,1-7H3,(H,43,46)(H,44,45)/t33-,34+,40+/m1/s1. The van der Waals surface area contributed by atoms with Gasteiger partial charge < -0.3 is 30.0 Å². The molecule has 0 heterocycles. The maximum atomic E-state index is 14.3. The lowest BCUT2D eigenvalue weighted by atomic mass is 9.85. The molecular weight excluding hydrogens is 658 g/mol. The van der Waals surface area contributed by atoms with Gasteiger partial charge in [-0.15, -0.1) is 0 Å². The van der Waals surface area contributed by atoms with E-state index in [9.17, 15) is 28.3 Å². The molecule has 0 unspecified atom stereocenters. The Morgan fingerprint density at radius 3 is 2.00 bits per heavy atom. The van der Waals surface area contributed by atoms with Gasteiger partial charge in [-0.05, 0) is 70.6 Å². The summed E-state index contributed by atoms with van der Waals surface area (Å²) >= 11 is 0. The number of benzene rings is 1. The molecule has 0 aromatic heterocycles. The summed E-state index contributed by atoms with van der Waals surface area (Å²) in [6.45, 7) is 9.18. The van der Waals surface area contributed by atoms with E-state index in [2.05, 4.69) is 24.5 Å². The van der Waals surface area contributed by atoms with Crippen LogP contribution in [0.5, 0.6) is 5.75 Å². The molecule has 9 nitrogen and oxygen atoms in total. The molecule has 0 aliphatic carbocycles. The van der Waals surface area contributed by atoms with Crippen LogP contribution in [0.2, 0.25) is 0 Å². The molecule has 51 heavy (non-hydrogen) atoms. The molecule has 0 aliphatic heterocycles. The van der Waals surface area contributed by atoms with Gasteiger partial charge in [-0.1, -0.05) is 83.1 Å². The molecule has 1 aromatic carbocycles. The molecule has 0 fully saturated rings. The third kappa shape index (κ3) is 18.8. The van der Waals surface area contributed by atoms with Crippen molar-refractivity contribution in [2.24, 2.45) is 5.92 Å². The first-order valence-corrected chi connectivity index (χ1v) is 18.8. The lowest BCUT2D eigenvalue weighted by Gasteiger charge is -2.34. The highest BCUT2D eigenvalue weighted by molar-refractivity contribution is 5.94. The van der Waals surface area contributed by atoms with Crippen molar-refractivity contribution in [1.82, 2.24) is 10.6 Å². The van der Waals surface area contributed by atoms with Crippen molar-refractivity contribution in [3.63, 3.8) is 0 Å². The number of methoxy groups -OCH3 is 1. The Kier molecular flexibility index (Phi) is 21.8. The highest BCUT2D eigenvalue weighted by Crippen LogP contribution is 2.29. The molecule has 0 saturated carbocycles. The number of amides is 2. The fourth-order valence-corrected chi connectivity index (χ4v) is 5.61. The number of halogens is 2. The highest BCUT2D eigenvalue weighted by atomic mass is 19.3. The van der Waals surface area contributed by atoms with Crippen LogP contribution in [0.15, 0.2) is 36.4 Å². The SMILES string of the molecule is CCCCCCCC(F)(F)CCCCCCC=C[C@H](C(=O)N[C@@H](Cc1ccc(OCCCC)cc1)C(=O)NC)[C@@](O)(COC)C(=O)OC(C)(C)C. The summed E-state index contributed by atoms with van der Waals surface area (Å²) in [7, 11) is 2.76. The van der Waals surface area contributed by atoms with Gasteiger partial charge in [0.15, 0.2) is 0 Å². The maximum Gasteiger partial charge on any atom is 0.342 e. The van der Waals surface area contributed by atoms with E-state index in [1.807, 2.05) is 12.1 Å². The van der Waals surface area contributed by atoms with Crippen LogP contribution in [0.4, 0.5) is 8.78 Å². The predicted octanol–water partition coefficient (Wildman–Crippen LogP) is 7.87. The van der Waals surface area contributed by atoms with E-state index in [1.165, 1.54) is 20.2 Å². The fraction of sp³-hybridized carbons (Fsp3) is 0.725. The third-order valence-corrected chi connectivity index (χ3v) is 8.56. The number of likely N-dealkylation sites (N-methyl/N-ethyl adjacent to an activating group) is 1. The Labute approximate surface area is 305 Å². The number of carbonyl (C=O) groups is 3. The normalized spacial score (nSPS) is 14.5. The largest absolute Gasteiger partial charge is 0.494 e. The van der Waals surface area contributed by atoms with Crippen molar-refractivity contribution in [2.45, 2.75) is 154 Å². The van der Waals surface area contributed by atoms with Gasteiger partial charge in [0.1, 0.15) is 17.4 Å². The van der Waals surface area contributed by atoms with Crippen LogP contribution in [0.25, 0.3) is 0 Å². The zero-order chi connectivity index (χ0) is 38.3. The molecule has 0 radical (unpaired) electrons. The van der Waals surface area contributed by atoms with Crippen LogP contribution in [0.1, 0.15) is 130 Å². The van der Waals surface area contributed by atoms with Crippen LogP contribution in [0.3, 0.4) is 0 Å². The summed E-state index contributed by atoms with van der Waals surface area (Å²) in [5, 5.41) is 17.1. The first kappa shape index (κ1) is 46.0. The van der Waals surface area contributed by atoms with Gasteiger partial charge in [-0.3, -0.25) is 9.59 Å². The van der Waals surface area contributed by atoms with E-state index in [0.717, 1.165) is 44.1 Å². The van der Waals surface area contributed by atoms with E-state index >= 15 is 0 Å². The molecule has 292 valence electrons. The van der Waals surface area contributed by atoms with E-state index in [4.69, 9.17) is 14.2 Å². The summed E-state index contributed by atoms with van der Waals surface area (Å²) < 4.78 is 45.0. The topological polar surface area (TPSA) is 123 Å². The minimum Gasteiger partial charge on any atom is -0.494 e. The number of unbranched alkanes of at least 4 members (excludes halogenated alkanes) is 9. The zero-order valence-corrected chi connectivity index (χ0v) is 32.3. The second kappa shape index (κ2) is 24.2. The summed E-state index contributed by atoms with van der Waals surface area (Å²) in [5.41, 5.74) is -2.61. The number of rotatable bonds is 27. The quantitative estimate of drug-likeness (QED) is 0.0480. The van der Waals surface area contributed by atoms with Crippen LogP contribution < -0.4 is 15.4 Å². The molecular formula is C40H66F2N2O7. The summed E-state index contributed by atoms with van der Waals surface area (Å²) in [6.07, 6.45) is 12.5. The van der Waals surface area contributed by atoms with Crippen molar-refractivity contribution < 1.29 is 42.5 Å². The molecule has 2 amide bonds. The lowest BCUT2D eigenvalue weighted by molar-refractivity contribution is -0.189. The summed E-state index contributed by atoms with van der Waals surface area (Å²) in [5.74, 6) is -5.66. The van der Waals surface area contributed by atoms with E-state index < -0.39 is 53.5 Å². The van der Waals surface area contributed by atoms with Crippen LogP contribution in [-0.4, -0.2) is 73.4 Å². The van der Waals surface area contributed by atoms with Gasteiger partial charge >= 0.3 is 5.97 Å². The average Bonchev–Trinajstić information content (AvgIpc) is 3.06. The van der Waals surface area contributed by atoms with Crippen molar-refractivity contribution in [1.29, 1.82) is 0 Å². The van der Waals surface area contributed by atoms with Crippen LogP contribution in [0, 0.1) is 5.92 Å². The highest BCUT2D eigenvalue weighted by Gasteiger charge is 2.50. The number of ether oxygens (including phenoxy) is 3. The number of aliphatic hydroxyl groups is 1. The number of esters is 1. The van der Waals surface area contributed by atoms with Crippen molar-refractivity contribution in [2.75, 3.05) is 27.4 Å². The Balaban J connectivity index is 3.04. The Morgan fingerprint density at radius 1 is 0.863 bits per heavy atom. The lowest BCUT2D eigenvalue weighted by Crippen LogP contribution is -2.58. The first-order valence-electron chi connectivity index (χ1n) is 18.8. The molecule has 0 aliphatic rings. The van der Waals surface area contributed by atoms with E-state index in [0.29, 0.717) is 50.9 Å². The predicted molar refractivity (Wildman–Crippen MR) is 198 cm³/mol. The second-order valence-electron chi connectivity index (χ2n) is 14.5. The van der Waals surface area contributed by atoms with Gasteiger partial charge in [0.2, 0.25) is 23.3 Å². The number of carbonyl (C=O) groups excluding carboxylic acids is 3. The molecule has 0 saturated heterocycles. The molecule has 11 heteroatoms. The molecule has 0 bridgehead atoms. The number of allylic oxidation sites excluding steroid dienone is 1. The molecule has 0 spiro atoms. The molecule has 3 N–H and O–H groups in total. The van der Waals surface area contributed by atoms with Gasteiger partial charge in [0, 0.05) is 33.4 Å². The summed E-state index contributed by atoms with van der Waals surface area (Å²) in [6, 6.07) is 6.22. The number of alkyl halides is 2. The maximum absolute atomic E-state index is 14.3. The Morgan fingerprint density at radius 2 is 1.45 bits per heavy atom. The second-order valence-corrected chi connectivity index (χ2v) is 14.5. The smallest absolute Gasteiger partial charge is 0.342 e. The fourth-order valence-electron chi connectivity index (χ4n) is 5.61. The minimum atomic E-state index is -2.64. The van der Waals surface area contributed by atoms with Gasteiger partial charge in [0.05, 0.1) is 19.1 Å². The number of hydrogen-bond donors (Lipinski definition) is 3. The monoisotopic (exact) mass is 724 g/mol. The van der Waals surface area contributed by atoms with Crippen molar-refractivity contribution >= 4 is 17.8 Å². The molecule has 1 aromatic rings. The number of nitrogens with one attached hydrogen (secondary N) is 2. The van der Waals surface area contributed by atoms with E-state index in [-0.39, 0.29) is 19.3 Å². The minimum absolute atomic E-state index is 0.0634. The number of hydrogen-bond acceptors (Lipinski definition) is 7. The zero-order valence-electron chi connectivity index (χ0n) is 32.3. The molecule has 3 atom stereocenters. The van der Waals surface area contributed by atoms with E-state index in [1.54, 1.807) is 39.0 Å². The first-order chi connectivity index (χ1) is 24.1. The summed E-state index contributed by atoms with van der Waals surface area (Å²) in [4.78, 5) is 40.3. The average molecular weight is 725 g/mol.